The fraction of sp³-hybridized carbons (Fsp3) is 0.136. The lowest BCUT2D eigenvalue weighted by Crippen LogP contribution is -2.14. The summed E-state index contributed by atoms with van der Waals surface area (Å²) < 4.78 is 10.5. The first-order chi connectivity index (χ1) is 13.7. The van der Waals surface area contributed by atoms with E-state index in [1.165, 1.54) is 0 Å². The fourth-order valence-corrected chi connectivity index (χ4v) is 2.60. The SMILES string of the molecule is COc1ccc(CC(=O)Nc2ccc(N=Nc3ccccc3)cc2)cc1OC. The number of nitrogens with one attached hydrogen (secondary N) is 1. The maximum absolute atomic E-state index is 12.3. The number of nitrogens with zero attached hydrogens (tertiary/aromatic N) is 2. The second kappa shape index (κ2) is 9.32. The molecule has 0 fully saturated rings. The van der Waals surface area contributed by atoms with Crippen molar-refractivity contribution in [3.63, 3.8) is 0 Å². The minimum atomic E-state index is -0.120. The van der Waals surface area contributed by atoms with Crippen LogP contribution in [-0.4, -0.2) is 20.1 Å². The summed E-state index contributed by atoms with van der Waals surface area (Å²) in [5, 5.41) is 11.2. The van der Waals surface area contributed by atoms with Crippen LogP contribution in [0.3, 0.4) is 0 Å². The van der Waals surface area contributed by atoms with E-state index in [0.717, 1.165) is 11.3 Å². The molecular weight excluding hydrogens is 354 g/mol. The van der Waals surface area contributed by atoms with Crippen LogP contribution in [0.5, 0.6) is 11.5 Å². The number of methoxy groups -OCH3 is 2. The van der Waals surface area contributed by atoms with Crippen LogP contribution in [0, 0.1) is 0 Å². The predicted molar refractivity (Wildman–Crippen MR) is 109 cm³/mol. The molecule has 1 amide bonds. The number of carbonyl (C=O) groups excluding carboxylic acids is 1. The summed E-state index contributed by atoms with van der Waals surface area (Å²) in [6, 6.07) is 22.1. The van der Waals surface area contributed by atoms with Crippen LogP contribution >= 0.6 is 0 Å². The summed E-state index contributed by atoms with van der Waals surface area (Å²) in [5.41, 5.74) is 3.03. The van der Waals surface area contributed by atoms with Gasteiger partial charge in [-0.05, 0) is 54.1 Å². The highest BCUT2D eigenvalue weighted by atomic mass is 16.5. The Kier molecular flexibility index (Phi) is 6.36. The molecule has 0 aliphatic rings. The van der Waals surface area contributed by atoms with E-state index in [9.17, 15) is 4.79 Å². The molecule has 0 heterocycles. The van der Waals surface area contributed by atoms with Crippen molar-refractivity contribution in [1.82, 2.24) is 0 Å². The number of carbonyl (C=O) groups is 1. The molecule has 142 valence electrons. The molecule has 0 atom stereocenters. The Hall–Kier alpha value is -3.67. The average Bonchev–Trinajstić information content (AvgIpc) is 2.74. The van der Waals surface area contributed by atoms with Gasteiger partial charge in [-0.25, -0.2) is 0 Å². The zero-order valence-electron chi connectivity index (χ0n) is 15.8. The van der Waals surface area contributed by atoms with Crippen molar-refractivity contribution in [2.45, 2.75) is 6.42 Å². The molecule has 0 unspecified atom stereocenters. The van der Waals surface area contributed by atoms with Gasteiger partial charge in [-0.15, -0.1) is 0 Å². The molecular formula is C22H21N3O3. The van der Waals surface area contributed by atoms with E-state index < -0.39 is 0 Å². The highest BCUT2D eigenvalue weighted by molar-refractivity contribution is 5.92. The number of hydrogen-bond donors (Lipinski definition) is 1. The second-order valence-corrected chi connectivity index (χ2v) is 6.00. The van der Waals surface area contributed by atoms with Gasteiger partial charge in [0.15, 0.2) is 11.5 Å². The maximum Gasteiger partial charge on any atom is 0.228 e. The van der Waals surface area contributed by atoms with E-state index in [4.69, 9.17) is 9.47 Å². The van der Waals surface area contributed by atoms with Gasteiger partial charge in [0.2, 0.25) is 5.91 Å². The lowest BCUT2D eigenvalue weighted by molar-refractivity contribution is -0.115. The van der Waals surface area contributed by atoms with Crippen LogP contribution in [0.4, 0.5) is 17.1 Å². The van der Waals surface area contributed by atoms with Gasteiger partial charge in [-0.3, -0.25) is 4.79 Å². The van der Waals surface area contributed by atoms with Crippen LogP contribution < -0.4 is 14.8 Å². The van der Waals surface area contributed by atoms with Gasteiger partial charge in [0.25, 0.3) is 0 Å². The molecule has 3 rings (SSSR count). The number of ether oxygens (including phenoxy) is 2. The summed E-state index contributed by atoms with van der Waals surface area (Å²) in [5.74, 6) is 1.11. The van der Waals surface area contributed by atoms with Crippen molar-refractivity contribution in [2.75, 3.05) is 19.5 Å². The van der Waals surface area contributed by atoms with Crippen molar-refractivity contribution in [1.29, 1.82) is 0 Å². The van der Waals surface area contributed by atoms with E-state index >= 15 is 0 Å². The van der Waals surface area contributed by atoms with E-state index in [0.29, 0.717) is 22.9 Å². The summed E-state index contributed by atoms with van der Waals surface area (Å²) in [7, 11) is 3.14. The lowest BCUT2D eigenvalue weighted by atomic mass is 10.1. The van der Waals surface area contributed by atoms with Crippen LogP contribution in [0.2, 0.25) is 0 Å². The average molecular weight is 375 g/mol. The molecule has 0 aromatic heterocycles. The number of azo groups is 1. The largest absolute Gasteiger partial charge is 0.493 e. The number of benzene rings is 3. The van der Waals surface area contributed by atoms with Crippen LogP contribution in [0.15, 0.2) is 83.0 Å². The third kappa shape index (κ3) is 5.17. The fourth-order valence-electron chi connectivity index (χ4n) is 2.60. The first-order valence-corrected chi connectivity index (χ1v) is 8.75. The lowest BCUT2D eigenvalue weighted by Gasteiger charge is -2.10. The van der Waals surface area contributed by atoms with Crippen molar-refractivity contribution < 1.29 is 14.3 Å². The van der Waals surface area contributed by atoms with Gasteiger partial charge in [-0.1, -0.05) is 24.3 Å². The summed E-state index contributed by atoms with van der Waals surface area (Å²) in [4.78, 5) is 12.3. The van der Waals surface area contributed by atoms with Gasteiger partial charge in [0.05, 0.1) is 32.0 Å². The molecule has 0 saturated heterocycles. The molecule has 0 bridgehead atoms. The Balaban J connectivity index is 1.59. The zero-order valence-corrected chi connectivity index (χ0v) is 15.8. The molecule has 0 aliphatic heterocycles. The minimum Gasteiger partial charge on any atom is -0.493 e. The summed E-state index contributed by atoms with van der Waals surface area (Å²) in [6.45, 7) is 0. The first kappa shape index (κ1) is 19.1. The number of amides is 1. The quantitative estimate of drug-likeness (QED) is 0.570. The Morgan fingerprint density at radius 2 is 1.46 bits per heavy atom. The molecule has 28 heavy (non-hydrogen) atoms. The predicted octanol–water partition coefficient (Wildman–Crippen LogP) is 5.30. The summed E-state index contributed by atoms with van der Waals surface area (Å²) >= 11 is 0. The number of hydrogen-bond acceptors (Lipinski definition) is 5. The third-order valence-electron chi connectivity index (χ3n) is 4.00. The molecule has 1 N–H and O–H groups in total. The van der Waals surface area contributed by atoms with Gasteiger partial charge >= 0.3 is 0 Å². The monoisotopic (exact) mass is 375 g/mol. The minimum absolute atomic E-state index is 0.120. The van der Waals surface area contributed by atoms with Gasteiger partial charge in [0.1, 0.15) is 0 Å². The van der Waals surface area contributed by atoms with Crippen molar-refractivity contribution >= 4 is 23.0 Å². The zero-order chi connectivity index (χ0) is 19.8. The number of rotatable bonds is 7. The Morgan fingerprint density at radius 3 is 2.11 bits per heavy atom. The van der Waals surface area contributed by atoms with E-state index in [2.05, 4.69) is 15.5 Å². The molecule has 0 spiro atoms. The van der Waals surface area contributed by atoms with Crippen LogP contribution in [-0.2, 0) is 11.2 Å². The van der Waals surface area contributed by atoms with E-state index in [-0.39, 0.29) is 12.3 Å². The smallest absolute Gasteiger partial charge is 0.228 e. The van der Waals surface area contributed by atoms with Gasteiger partial charge in [-0.2, -0.15) is 10.2 Å². The highest BCUT2D eigenvalue weighted by Crippen LogP contribution is 2.28. The third-order valence-corrected chi connectivity index (χ3v) is 4.00. The molecule has 6 heteroatoms. The molecule has 0 saturated carbocycles. The maximum atomic E-state index is 12.3. The van der Waals surface area contributed by atoms with Gasteiger partial charge < -0.3 is 14.8 Å². The Morgan fingerprint density at radius 1 is 0.821 bits per heavy atom. The van der Waals surface area contributed by atoms with Crippen molar-refractivity contribution in [3.05, 3.63) is 78.4 Å². The normalized spacial score (nSPS) is 10.6. The molecule has 6 nitrogen and oxygen atoms in total. The van der Waals surface area contributed by atoms with Crippen LogP contribution in [0.25, 0.3) is 0 Å². The van der Waals surface area contributed by atoms with Crippen molar-refractivity contribution in [3.8, 4) is 11.5 Å². The highest BCUT2D eigenvalue weighted by Gasteiger charge is 2.09. The summed E-state index contributed by atoms with van der Waals surface area (Å²) in [6.07, 6.45) is 0.232. The van der Waals surface area contributed by atoms with Crippen molar-refractivity contribution in [2.24, 2.45) is 10.2 Å². The standard InChI is InChI=1S/C22H21N3O3/c1-27-20-13-8-16(14-21(20)28-2)15-22(26)23-17-9-11-19(12-10-17)25-24-18-6-4-3-5-7-18/h3-14H,15H2,1-2H3,(H,23,26). The Labute approximate surface area is 163 Å². The van der Waals surface area contributed by atoms with Gasteiger partial charge in [0, 0.05) is 5.69 Å². The molecule has 0 radical (unpaired) electrons. The van der Waals surface area contributed by atoms with Crippen LogP contribution in [0.1, 0.15) is 5.56 Å². The molecule has 3 aromatic rings. The second-order valence-electron chi connectivity index (χ2n) is 6.00. The van der Waals surface area contributed by atoms with E-state index in [1.807, 2.05) is 36.4 Å². The molecule has 3 aromatic carbocycles. The first-order valence-electron chi connectivity index (χ1n) is 8.75. The topological polar surface area (TPSA) is 72.3 Å². The van der Waals surface area contributed by atoms with E-state index in [1.54, 1.807) is 50.6 Å². The molecule has 0 aliphatic carbocycles. The number of anilines is 1. The Bertz CT molecular complexity index is 955.